The van der Waals surface area contributed by atoms with Gasteiger partial charge < -0.3 is 19.5 Å². The van der Waals surface area contributed by atoms with Gasteiger partial charge >= 0.3 is 0 Å². The van der Waals surface area contributed by atoms with Gasteiger partial charge in [-0.1, -0.05) is 12.1 Å². The van der Waals surface area contributed by atoms with Gasteiger partial charge in [-0.3, -0.25) is 0 Å². The lowest BCUT2D eigenvalue weighted by Gasteiger charge is -2.18. The van der Waals surface area contributed by atoms with E-state index >= 15 is 0 Å². The molecule has 2 aliphatic rings. The van der Waals surface area contributed by atoms with Crippen molar-refractivity contribution < 1.29 is 14.2 Å². The predicted octanol–water partition coefficient (Wildman–Crippen LogP) is 3.29. The van der Waals surface area contributed by atoms with Crippen molar-refractivity contribution in [1.82, 2.24) is 5.32 Å². The molecule has 1 aromatic carbocycles. The summed E-state index contributed by atoms with van der Waals surface area (Å²) in [6, 6.07) is 6.63. The van der Waals surface area contributed by atoms with Crippen LogP contribution in [0.1, 0.15) is 44.6 Å². The summed E-state index contributed by atoms with van der Waals surface area (Å²) in [7, 11) is 0. The first-order chi connectivity index (χ1) is 10.8. The van der Waals surface area contributed by atoms with E-state index in [2.05, 4.69) is 18.3 Å². The van der Waals surface area contributed by atoms with E-state index in [1.54, 1.807) is 0 Å². The van der Waals surface area contributed by atoms with Crippen molar-refractivity contribution in [2.24, 2.45) is 0 Å². The molecule has 2 aliphatic heterocycles. The second kappa shape index (κ2) is 7.84. The van der Waals surface area contributed by atoms with Crippen molar-refractivity contribution in [3.8, 4) is 11.5 Å². The highest BCUT2D eigenvalue weighted by Crippen LogP contribution is 2.33. The second-order valence-corrected chi connectivity index (χ2v) is 6.29. The second-order valence-electron chi connectivity index (χ2n) is 6.29. The highest BCUT2D eigenvalue weighted by molar-refractivity contribution is 5.47. The number of rotatable bonds is 6. The van der Waals surface area contributed by atoms with Crippen molar-refractivity contribution in [1.29, 1.82) is 0 Å². The van der Waals surface area contributed by atoms with Gasteiger partial charge in [0.05, 0.1) is 19.3 Å². The summed E-state index contributed by atoms with van der Waals surface area (Å²) in [5, 5.41) is 3.60. The predicted molar refractivity (Wildman–Crippen MR) is 86.6 cm³/mol. The Morgan fingerprint density at radius 3 is 2.95 bits per heavy atom. The highest BCUT2D eigenvalue weighted by Gasteiger charge is 2.17. The van der Waals surface area contributed by atoms with Gasteiger partial charge in [-0.2, -0.15) is 0 Å². The third-order valence-electron chi connectivity index (χ3n) is 4.44. The van der Waals surface area contributed by atoms with Crippen molar-refractivity contribution in [2.45, 2.75) is 57.7 Å². The number of nitrogens with one attached hydrogen (secondary N) is 1. The molecule has 0 aliphatic carbocycles. The summed E-state index contributed by atoms with van der Waals surface area (Å²) in [4.78, 5) is 0. The lowest BCUT2D eigenvalue weighted by molar-refractivity contribution is 0.100. The first-order valence-electron chi connectivity index (χ1n) is 8.55. The highest BCUT2D eigenvalue weighted by atomic mass is 16.5. The molecule has 2 heterocycles. The van der Waals surface area contributed by atoms with E-state index in [4.69, 9.17) is 14.2 Å². The SMILES string of the molecule is C[C@H](CC[C@@H]1CCCO1)NCc1cccc2c1OCCCO2. The Morgan fingerprint density at radius 1 is 1.18 bits per heavy atom. The number of benzene rings is 1. The Hall–Kier alpha value is -1.26. The molecule has 1 N–H and O–H groups in total. The Kier molecular flexibility index (Phi) is 5.57. The lowest BCUT2D eigenvalue weighted by Crippen LogP contribution is -2.27. The zero-order valence-corrected chi connectivity index (χ0v) is 13.5. The Bertz CT molecular complexity index is 471. The molecule has 0 spiro atoms. The van der Waals surface area contributed by atoms with E-state index < -0.39 is 0 Å². The van der Waals surface area contributed by atoms with Crippen LogP contribution >= 0.6 is 0 Å². The minimum atomic E-state index is 0.478. The third kappa shape index (κ3) is 4.14. The van der Waals surface area contributed by atoms with Gasteiger partial charge in [0.15, 0.2) is 11.5 Å². The van der Waals surface area contributed by atoms with Crippen LogP contribution in [0.4, 0.5) is 0 Å². The largest absolute Gasteiger partial charge is 0.490 e. The molecular weight excluding hydrogens is 278 g/mol. The van der Waals surface area contributed by atoms with Crippen molar-refractivity contribution in [3.05, 3.63) is 23.8 Å². The first kappa shape index (κ1) is 15.6. The third-order valence-corrected chi connectivity index (χ3v) is 4.44. The molecule has 4 nitrogen and oxygen atoms in total. The fourth-order valence-corrected chi connectivity index (χ4v) is 3.09. The smallest absolute Gasteiger partial charge is 0.165 e. The van der Waals surface area contributed by atoms with E-state index in [-0.39, 0.29) is 0 Å². The van der Waals surface area contributed by atoms with Crippen molar-refractivity contribution in [3.63, 3.8) is 0 Å². The van der Waals surface area contributed by atoms with Crippen LogP contribution in [0.2, 0.25) is 0 Å². The molecule has 1 saturated heterocycles. The normalized spacial score (nSPS) is 22.3. The average Bonchev–Trinajstić information content (AvgIpc) is 2.94. The maximum Gasteiger partial charge on any atom is 0.165 e. The molecular formula is C18H27NO3. The van der Waals surface area contributed by atoms with Crippen LogP contribution in [0.25, 0.3) is 0 Å². The summed E-state index contributed by atoms with van der Waals surface area (Å²) in [6.07, 6.45) is 6.18. The number of ether oxygens (including phenoxy) is 3. The van der Waals surface area contributed by atoms with Gasteiger partial charge in [0.25, 0.3) is 0 Å². The summed E-state index contributed by atoms with van der Waals surface area (Å²) in [5.41, 5.74) is 1.18. The molecule has 3 rings (SSSR count). The molecule has 0 saturated carbocycles. The fourth-order valence-electron chi connectivity index (χ4n) is 3.09. The van der Waals surface area contributed by atoms with Crippen LogP contribution in [0.5, 0.6) is 11.5 Å². The summed E-state index contributed by atoms with van der Waals surface area (Å²) < 4.78 is 17.3. The molecule has 0 amide bonds. The zero-order chi connectivity index (χ0) is 15.2. The van der Waals surface area contributed by atoms with Crippen LogP contribution in [-0.4, -0.2) is 32.0 Å². The van der Waals surface area contributed by atoms with Gasteiger partial charge in [-0.05, 0) is 38.7 Å². The minimum Gasteiger partial charge on any atom is -0.490 e. The first-order valence-corrected chi connectivity index (χ1v) is 8.55. The summed E-state index contributed by atoms with van der Waals surface area (Å²) in [6.45, 7) is 5.48. The molecule has 0 bridgehead atoms. The molecule has 1 fully saturated rings. The van der Waals surface area contributed by atoms with E-state index in [9.17, 15) is 0 Å². The van der Waals surface area contributed by atoms with Crippen LogP contribution < -0.4 is 14.8 Å². The Morgan fingerprint density at radius 2 is 2.09 bits per heavy atom. The van der Waals surface area contributed by atoms with Gasteiger partial charge in [0.2, 0.25) is 0 Å². The number of hydrogen-bond acceptors (Lipinski definition) is 4. The molecule has 2 atom stereocenters. The molecule has 1 aromatic rings. The fraction of sp³-hybridized carbons (Fsp3) is 0.667. The molecule has 4 heteroatoms. The topological polar surface area (TPSA) is 39.7 Å². The minimum absolute atomic E-state index is 0.478. The lowest BCUT2D eigenvalue weighted by atomic mass is 10.1. The maximum absolute atomic E-state index is 5.87. The average molecular weight is 305 g/mol. The number of fused-ring (bicyclic) bond motifs is 1. The summed E-state index contributed by atoms with van der Waals surface area (Å²) >= 11 is 0. The van der Waals surface area contributed by atoms with E-state index in [1.165, 1.54) is 18.4 Å². The van der Waals surface area contributed by atoms with Gasteiger partial charge in [0.1, 0.15) is 0 Å². The standard InChI is InChI=1S/C18H27NO3/c1-14(8-9-16-6-3-10-20-16)19-13-15-5-2-7-17-18(15)22-12-4-11-21-17/h2,5,7,14,16,19H,3-4,6,8-13H2,1H3/t14-,16+/m1/s1. The van der Waals surface area contributed by atoms with Crippen LogP contribution in [0.3, 0.4) is 0 Å². The van der Waals surface area contributed by atoms with E-state index in [0.29, 0.717) is 12.1 Å². The molecule has 0 unspecified atom stereocenters. The van der Waals surface area contributed by atoms with Gasteiger partial charge in [-0.15, -0.1) is 0 Å². The quantitative estimate of drug-likeness (QED) is 0.875. The van der Waals surface area contributed by atoms with E-state index in [1.807, 2.05) is 12.1 Å². The van der Waals surface area contributed by atoms with Crippen molar-refractivity contribution >= 4 is 0 Å². The van der Waals surface area contributed by atoms with Crippen LogP contribution in [0.15, 0.2) is 18.2 Å². The van der Waals surface area contributed by atoms with Crippen LogP contribution in [-0.2, 0) is 11.3 Å². The Labute approximate surface area is 133 Å². The number of para-hydroxylation sites is 1. The number of hydrogen-bond donors (Lipinski definition) is 1. The molecule has 22 heavy (non-hydrogen) atoms. The van der Waals surface area contributed by atoms with Crippen LogP contribution in [0, 0.1) is 0 Å². The monoisotopic (exact) mass is 305 g/mol. The molecule has 0 radical (unpaired) electrons. The van der Waals surface area contributed by atoms with Gasteiger partial charge in [-0.25, -0.2) is 0 Å². The Balaban J connectivity index is 1.50. The molecule has 0 aromatic heterocycles. The zero-order valence-electron chi connectivity index (χ0n) is 13.5. The molecule has 122 valence electrons. The van der Waals surface area contributed by atoms with E-state index in [0.717, 1.165) is 57.1 Å². The summed E-state index contributed by atoms with van der Waals surface area (Å²) in [5.74, 6) is 1.79. The van der Waals surface area contributed by atoms with Gasteiger partial charge in [0, 0.05) is 31.2 Å². The van der Waals surface area contributed by atoms with Crippen molar-refractivity contribution in [2.75, 3.05) is 19.8 Å². The maximum atomic E-state index is 5.87.